The maximum absolute atomic E-state index is 13.2. The zero-order chi connectivity index (χ0) is 20.8. The van der Waals surface area contributed by atoms with Gasteiger partial charge in [0.2, 0.25) is 0 Å². The molecule has 0 unspecified atom stereocenters. The zero-order valence-corrected chi connectivity index (χ0v) is 16.4. The Morgan fingerprint density at radius 2 is 1.67 bits per heavy atom. The second-order valence-electron chi connectivity index (χ2n) is 6.92. The highest BCUT2D eigenvalue weighted by molar-refractivity contribution is 6.01. The second kappa shape index (κ2) is 9.01. The lowest BCUT2D eigenvalue weighted by molar-refractivity contribution is 0.0988. The van der Waals surface area contributed by atoms with Crippen LogP contribution in [0.1, 0.15) is 21.5 Å². The first-order chi connectivity index (χ1) is 14.7. The molecule has 0 fully saturated rings. The smallest absolute Gasteiger partial charge is 0.171 e. The lowest BCUT2D eigenvalue weighted by Crippen LogP contribution is -2.08. The Hall–Kier alpha value is -3.99. The first kappa shape index (κ1) is 19.3. The highest BCUT2D eigenvalue weighted by Crippen LogP contribution is 2.29. The van der Waals surface area contributed by atoms with Crippen molar-refractivity contribution in [3.05, 3.63) is 108 Å². The van der Waals surface area contributed by atoms with Crippen molar-refractivity contribution in [2.75, 3.05) is 5.73 Å². The number of hydrogen-bond donors (Lipinski definition) is 1. The Morgan fingerprint density at radius 1 is 0.867 bits per heavy atom. The molecule has 0 aliphatic rings. The van der Waals surface area contributed by atoms with Crippen LogP contribution in [-0.2, 0) is 13.0 Å². The third-order valence-electron chi connectivity index (χ3n) is 4.72. The van der Waals surface area contributed by atoms with E-state index >= 15 is 0 Å². The number of ketones is 1. The summed E-state index contributed by atoms with van der Waals surface area (Å²) >= 11 is 0. The molecule has 5 heteroatoms. The first-order valence-electron chi connectivity index (χ1n) is 9.64. The number of Topliss-reactive ketones (excluding diaryl/α,β-unsaturated/α-hetero) is 1. The van der Waals surface area contributed by atoms with Crippen LogP contribution in [0.4, 0.5) is 5.82 Å². The van der Waals surface area contributed by atoms with Gasteiger partial charge in [0.15, 0.2) is 5.78 Å². The molecular weight excluding hydrogens is 374 g/mol. The van der Waals surface area contributed by atoms with Crippen LogP contribution in [0, 0.1) is 0 Å². The van der Waals surface area contributed by atoms with Crippen molar-refractivity contribution in [3.63, 3.8) is 0 Å². The van der Waals surface area contributed by atoms with Crippen molar-refractivity contribution in [2.24, 2.45) is 0 Å². The van der Waals surface area contributed by atoms with Crippen LogP contribution >= 0.6 is 0 Å². The second-order valence-corrected chi connectivity index (χ2v) is 6.92. The average molecular weight is 395 g/mol. The summed E-state index contributed by atoms with van der Waals surface area (Å²) in [7, 11) is 0. The summed E-state index contributed by atoms with van der Waals surface area (Å²) in [6.07, 6.45) is 5.30. The van der Waals surface area contributed by atoms with Gasteiger partial charge in [0.1, 0.15) is 18.2 Å². The molecule has 5 nitrogen and oxygen atoms in total. The number of anilines is 1. The van der Waals surface area contributed by atoms with Gasteiger partial charge in [0, 0.05) is 25.0 Å². The van der Waals surface area contributed by atoms with Crippen LogP contribution in [0.15, 0.2) is 91.4 Å². The van der Waals surface area contributed by atoms with Gasteiger partial charge in [0.05, 0.1) is 5.56 Å². The molecule has 0 saturated heterocycles. The van der Waals surface area contributed by atoms with Gasteiger partial charge >= 0.3 is 0 Å². The largest absolute Gasteiger partial charge is 0.488 e. The van der Waals surface area contributed by atoms with Gasteiger partial charge in [0.25, 0.3) is 0 Å². The number of hydrogen-bond acceptors (Lipinski definition) is 5. The molecule has 0 amide bonds. The van der Waals surface area contributed by atoms with E-state index in [0.717, 1.165) is 22.3 Å². The summed E-state index contributed by atoms with van der Waals surface area (Å²) in [5, 5.41) is 0. The average Bonchev–Trinajstić information content (AvgIpc) is 2.79. The molecule has 0 radical (unpaired) electrons. The Balaban J connectivity index is 1.66. The molecule has 2 aromatic heterocycles. The van der Waals surface area contributed by atoms with Gasteiger partial charge in [-0.25, -0.2) is 4.98 Å². The van der Waals surface area contributed by atoms with Gasteiger partial charge in [-0.15, -0.1) is 0 Å². The van der Waals surface area contributed by atoms with E-state index in [4.69, 9.17) is 10.5 Å². The Bertz CT molecular complexity index is 1150. The molecule has 0 spiro atoms. The predicted octanol–water partition coefficient (Wildman–Crippen LogP) is 4.73. The lowest BCUT2D eigenvalue weighted by Gasteiger charge is -2.13. The Kier molecular flexibility index (Phi) is 5.80. The molecule has 30 heavy (non-hydrogen) atoms. The number of ether oxygens (including phenoxy) is 1. The number of nitrogens with zero attached hydrogens (tertiary/aromatic N) is 2. The topological polar surface area (TPSA) is 78.1 Å². The van der Waals surface area contributed by atoms with E-state index in [0.29, 0.717) is 23.7 Å². The Labute approximate surface area is 175 Å². The molecule has 2 heterocycles. The number of aromatic nitrogens is 2. The summed E-state index contributed by atoms with van der Waals surface area (Å²) in [5.74, 6) is 0.952. The molecule has 2 N–H and O–H groups in total. The van der Waals surface area contributed by atoms with Crippen molar-refractivity contribution >= 4 is 11.6 Å². The fraction of sp³-hybridized carbons (Fsp3) is 0.0800. The van der Waals surface area contributed by atoms with E-state index in [-0.39, 0.29) is 12.2 Å². The van der Waals surface area contributed by atoms with Crippen molar-refractivity contribution in [1.29, 1.82) is 0 Å². The van der Waals surface area contributed by atoms with Crippen LogP contribution in [0.2, 0.25) is 0 Å². The van der Waals surface area contributed by atoms with Gasteiger partial charge in [-0.2, -0.15) is 0 Å². The molecule has 0 aliphatic carbocycles. The van der Waals surface area contributed by atoms with E-state index < -0.39 is 0 Å². The van der Waals surface area contributed by atoms with Crippen molar-refractivity contribution in [2.45, 2.75) is 13.0 Å². The number of pyridine rings is 2. The van der Waals surface area contributed by atoms with Crippen molar-refractivity contribution in [3.8, 4) is 16.9 Å². The maximum Gasteiger partial charge on any atom is 0.171 e. The summed E-state index contributed by atoms with van der Waals surface area (Å²) < 4.78 is 6.02. The summed E-state index contributed by atoms with van der Waals surface area (Å²) in [6.45, 7) is 0.384. The van der Waals surface area contributed by atoms with E-state index in [1.165, 1.54) is 0 Å². The molecule has 0 bridgehead atoms. The highest BCUT2D eigenvalue weighted by Gasteiger charge is 2.16. The molecule has 0 aliphatic heterocycles. The minimum atomic E-state index is -0.0325. The number of nitrogens with two attached hydrogens (primary N) is 1. The third-order valence-corrected chi connectivity index (χ3v) is 4.72. The fourth-order valence-corrected chi connectivity index (χ4v) is 3.20. The quantitative estimate of drug-likeness (QED) is 0.458. The van der Waals surface area contributed by atoms with Crippen molar-refractivity contribution < 1.29 is 9.53 Å². The number of nitrogen functional groups attached to an aromatic ring is 1. The fourth-order valence-electron chi connectivity index (χ4n) is 3.20. The maximum atomic E-state index is 13.2. The first-order valence-corrected chi connectivity index (χ1v) is 9.64. The molecule has 148 valence electrons. The highest BCUT2D eigenvalue weighted by atomic mass is 16.5. The van der Waals surface area contributed by atoms with E-state index in [1.807, 2.05) is 66.7 Å². The number of rotatable bonds is 7. The van der Waals surface area contributed by atoms with Crippen LogP contribution in [0.5, 0.6) is 5.75 Å². The van der Waals surface area contributed by atoms with Crippen molar-refractivity contribution in [1.82, 2.24) is 9.97 Å². The SMILES string of the molecule is Nc1cc(-c2ccc(OCc3ccccc3)c(C(=O)Cc3cccnc3)c2)ccn1. The van der Waals surface area contributed by atoms with Crippen LogP contribution in [-0.4, -0.2) is 15.8 Å². The number of carbonyl (C=O) groups excluding carboxylic acids is 1. The predicted molar refractivity (Wildman–Crippen MR) is 117 cm³/mol. The molecular formula is C25H21N3O2. The summed E-state index contributed by atoms with van der Waals surface area (Å²) in [6, 6.07) is 22.9. The molecule has 0 saturated carbocycles. The number of benzene rings is 2. The van der Waals surface area contributed by atoms with Gasteiger partial charge in [-0.1, -0.05) is 42.5 Å². The minimum Gasteiger partial charge on any atom is -0.488 e. The van der Waals surface area contributed by atoms with E-state index in [1.54, 1.807) is 24.7 Å². The minimum absolute atomic E-state index is 0.0325. The monoisotopic (exact) mass is 395 g/mol. The third kappa shape index (κ3) is 4.70. The van der Waals surface area contributed by atoms with E-state index in [9.17, 15) is 4.79 Å². The summed E-state index contributed by atoms with van der Waals surface area (Å²) in [4.78, 5) is 21.3. The Morgan fingerprint density at radius 3 is 2.43 bits per heavy atom. The van der Waals surface area contributed by atoms with Gasteiger partial charge in [-0.05, 0) is 52.6 Å². The summed E-state index contributed by atoms with van der Waals surface area (Å²) in [5.41, 5.74) is 10.0. The van der Waals surface area contributed by atoms with Crippen LogP contribution in [0.3, 0.4) is 0 Å². The number of carbonyl (C=O) groups is 1. The van der Waals surface area contributed by atoms with E-state index in [2.05, 4.69) is 9.97 Å². The molecule has 2 aromatic carbocycles. The molecule has 4 rings (SSSR count). The van der Waals surface area contributed by atoms with Crippen LogP contribution < -0.4 is 10.5 Å². The zero-order valence-electron chi connectivity index (χ0n) is 16.4. The lowest BCUT2D eigenvalue weighted by atomic mass is 9.98. The van der Waals surface area contributed by atoms with Gasteiger partial charge in [-0.3, -0.25) is 9.78 Å². The van der Waals surface area contributed by atoms with Gasteiger partial charge < -0.3 is 10.5 Å². The normalized spacial score (nSPS) is 10.5. The van der Waals surface area contributed by atoms with Crippen LogP contribution in [0.25, 0.3) is 11.1 Å². The standard InChI is InChI=1S/C25H21N3O2/c26-25-15-21(10-12-28-25)20-8-9-24(30-17-18-5-2-1-3-6-18)22(14-20)23(29)13-19-7-4-11-27-16-19/h1-12,14-16H,13,17H2,(H2,26,28). The molecule has 0 atom stereocenters. The molecule has 4 aromatic rings.